The van der Waals surface area contributed by atoms with Crippen LogP contribution in [0.2, 0.25) is 0 Å². The standard InChI is InChI=1S/C11H21NOS/c1-11(2,9-14)8-12-7-5-3-4-6-10(12)13/h14H,3-9H2,1-2H3. The summed E-state index contributed by atoms with van der Waals surface area (Å²) in [6.07, 6.45) is 4.16. The lowest BCUT2D eigenvalue weighted by Crippen LogP contribution is -2.39. The normalized spacial score (nSPS) is 19.6. The summed E-state index contributed by atoms with van der Waals surface area (Å²) in [7, 11) is 0. The molecule has 82 valence electrons. The summed E-state index contributed by atoms with van der Waals surface area (Å²) < 4.78 is 0. The Morgan fingerprint density at radius 1 is 1.36 bits per heavy atom. The molecule has 1 saturated heterocycles. The monoisotopic (exact) mass is 215 g/mol. The molecule has 1 rings (SSSR count). The zero-order chi connectivity index (χ0) is 10.6. The van der Waals surface area contributed by atoms with E-state index in [1.165, 1.54) is 6.42 Å². The maximum absolute atomic E-state index is 11.7. The average Bonchev–Trinajstić information content (AvgIpc) is 2.32. The number of nitrogens with zero attached hydrogens (tertiary/aromatic N) is 1. The van der Waals surface area contributed by atoms with Gasteiger partial charge in [0.25, 0.3) is 0 Å². The average molecular weight is 215 g/mol. The first-order chi connectivity index (χ1) is 6.55. The molecule has 0 atom stereocenters. The first kappa shape index (κ1) is 11.9. The second-order valence-electron chi connectivity index (χ2n) is 4.95. The van der Waals surface area contributed by atoms with Gasteiger partial charge in [-0.1, -0.05) is 20.3 Å². The molecule has 1 aliphatic heterocycles. The van der Waals surface area contributed by atoms with E-state index >= 15 is 0 Å². The zero-order valence-electron chi connectivity index (χ0n) is 9.25. The SMILES string of the molecule is CC(C)(CS)CN1CCCCCC1=O. The maximum Gasteiger partial charge on any atom is 0.222 e. The fraction of sp³-hybridized carbons (Fsp3) is 0.909. The van der Waals surface area contributed by atoms with Gasteiger partial charge >= 0.3 is 0 Å². The van der Waals surface area contributed by atoms with Gasteiger partial charge in [0, 0.05) is 19.5 Å². The highest BCUT2D eigenvalue weighted by Gasteiger charge is 2.24. The van der Waals surface area contributed by atoms with Crippen LogP contribution in [0.25, 0.3) is 0 Å². The highest BCUT2D eigenvalue weighted by molar-refractivity contribution is 7.80. The summed E-state index contributed by atoms with van der Waals surface area (Å²) in [5.74, 6) is 1.16. The number of rotatable bonds is 3. The van der Waals surface area contributed by atoms with Gasteiger partial charge in [0.05, 0.1) is 0 Å². The molecule has 1 heterocycles. The maximum atomic E-state index is 11.7. The number of likely N-dealkylation sites (tertiary alicyclic amines) is 1. The highest BCUT2D eigenvalue weighted by Crippen LogP contribution is 2.21. The van der Waals surface area contributed by atoms with Crippen LogP contribution in [0.15, 0.2) is 0 Å². The predicted octanol–water partition coefficient (Wildman–Crippen LogP) is 2.35. The van der Waals surface area contributed by atoms with Crippen molar-refractivity contribution >= 4 is 18.5 Å². The van der Waals surface area contributed by atoms with Crippen molar-refractivity contribution in [3.63, 3.8) is 0 Å². The van der Waals surface area contributed by atoms with Crippen molar-refractivity contribution in [2.24, 2.45) is 5.41 Å². The fourth-order valence-electron chi connectivity index (χ4n) is 1.77. The van der Waals surface area contributed by atoms with E-state index in [1.807, 2.05) is 4.90 Å². The number of hydrogen-bond donors (Lipinski definition) is 1. The number of carbonyl (C=O) groups excluding carboxylic acids is 1. The molecule has 0 bridgehead atoms. The van der Waals surface area contributed by atoms with Gasteiger partial charge in [-0.05, 0) is 24.0 Å². The fourth-order valence-corrected chi connectivity index (χ4v) is 1.87. The van der Waals surface area contributed by atoms with Gasteiger partial charge in [0.1, 0.15) is 0 Å². The first-order valence-electron chi connectivity index (χ1n) is 5.44. The Labute approximate surface area is 92.5 Å². The van der Waals surface area contributed by atoms with Crippen LogP contribution in [-0.4, -0.2) is 29.6 Å². The molecule has 3 heteroatoms. The van der Waals surface area contributed by atoms with Crippen LogP contribution >= 0.6 is 12.6 Å². The minimum absolute atomic E-state index is 0.142. The summed E-state index contributed by atoms with van der Waals surface area (Å²) in [6.45, 7) is 6.13. The molecule has 0 aliphatic carbocycles. The molecule has 0 saturated carbocycles. The van der Waals surface area contributed by atoms with Gasteiger partial charge in [0.2, 0.25) is 5.91 Å². The van der Waals surface area contributed by atoms with E-state index in [1.54, 1.807) is 0 Å². The molecule has 1 amide bonds. The summed E-state index contributed by atoms with van der Waals surface area (Å²) in [6, 6.07) is 0. The summed E-state index contributed by atoms with van der Waals surface area (Å²) in [5.41, 5.74) is 0.142. The molecule has 0 aromatic carbocycles. The Morgan fingerprint density at radius 2 is 2.07 bits per heavy atom. The molecule has 0 aromatic rings. The smallest absolute Gasteiger partial charge is 0.222 e. The zero-order valence-corrected chi connectivity index (χ0v) is 10.1. The quantitative estimate of drug-likeness (QED) is 0.717. The lowest BCUT2D eigenvalue weighted by Gasteiger charge is -2.30. The predicted molar refractivity (Wildman–Crippen MR) is 62.7 cm³/mol. The number of carbonyl (C=O) groups is 1. The number of thiol groups is 1. The van der Waals surface area contributed by atoms with Crippen molar-refractivity contribution in [3.8, 4) is 0 Å². The minimum Gasteiger partial charge on any atom is -0.342 e. The Morgan fingerprint density at radius 3 is 2.71 bits per heavy atom. The van der Waals surface area contributed by atoms with E-state index in [9.17, 15) is 4.79 Å². The van der Waals surface area contributed by atoms with Crippen molar-refractivity contribution in [3.05, 3.63) is 0 Å². The Bertz CT molecular complexity index is 203. The third kappa shape index (κ3) is 3.52. The lowest BCUT2D eigenvalue weighted by molar-refractivity contribution is -0.131. The van der Waals surface area contributed by atoms with E-state index in [0.29, 0.717) is 5.91 Å². The molecule has 0 unspecified atom stereocenters. The Kier molecular flexibility index (Phi) is 4.30. The van der Waals surface area contributed by atoms with Gasteiger partial charge in [0.15, 0.2) is 0 Å². The van der Waals surface area contributed by atoms with Crippen LogP contribution in [0, 0.1) is 5.41 Å². The van der Waals surface area contributed by atoms with E-state index in [2.05, 4.69) is 26.5 Å². The first-order valence-corrected chi connectivity index (χ1v) is 6.07. The van der Waals surface area contributed by atoms with Crippen LogP contribution in [-0.2, 0) is 4.79 Å². The third-order valence-corrected chi connectivity index (χ3v) is 3.57. The Hall–Kier alpha value is -0.180. The van der Waals surface area contributed by atoms with E-state index in [-0.39, 0.29) is 5.41 Å². The second-order valence-corrected chi connectivity index (χ2v) is 5.26. The van der Waals surface area contributed by atoms with Crippen molar-refractivity contribution < 1.29 is 4.79 Å². The lowest BCUT2D eigenvalue weighted by atomic mass is 9.95. The highest BCUT2D eigenvalue weighted by atomic mass is 32.1. The van der Waals surface area contributed by atoms with Crippen molar-refractivity contribution in [2.75, 3.05) is 18.8 Å². The van der Waals surface area contributed by atoms with Gasteiger partial charge in [-0.25, -0.2) is 0 Å². The van der Waals surface area contributed by atoms with Crippen LogP contribution < -0.4 is 0 Å². The van der Waals surface area contributed by atoms with E-state index < -0.39 is 0 Å². The molecular formula is C11H21NOS. The van der Waals surface area contributed by atoms with Gasteiger partial charge < -0.3 is 4.90 Å². The largest absolute Gasteiger partial charge is 0.342 e. The number of amides is 1. The summed E-state index contributed by atoms with van der Waals surface area (Å²) in [5, 5.41) is 0. The minimum atomic E-state index is 0.142. The molecule has 0 radical (unpaired) electrons. The van der Waals surface area contributed by atoms with Crippen LogP contribution in [0.5, 0.6) is 0 Å². The molecule has 2 nitrogen and oxygen atoms in total. The summed E-state index contributed by atoms with van der Waals surface area (Å²) >= 11 is 4.32. The van der Waals surface area contributed by atoms with Crippen molar-refractivity contribution in [2.45, 2.75) is 39.5 Å². The molecule has 14 heavy (non-hydrogen) atoms. The van der Waals surface area contributed by atoms with Crippen LogP contribution in [0.1, 0.15) is 39.5 Å². The van der Waals surface area contributed by atoms with Crippen molar-refractivity contribution in [1.29, 1.82) is 0 Å². The molecular weight excluding hydrogens is 194 g/mol. The van der Waals surface area contributed by atoms with E-state index in [0.717, 1.165) is 38.1 Å². The third-order valence-electron chi connectivity index (χ3n) is 2.72. The van der Waals surface area contributed by atoms with Gasteiger partial charge in [-0.2, -0.15) is 12.6 Å². The second kappa shape index (κ2) is 5.06. The van der Waals surface area contributed by atoms with Crippen molar-refractivity contribution in [1.82, 2.24) is 4.90 Å². The molecule has 1 fully saturated rings. The molecule has 0 N–H and O–H groups in total. The van der Waals surface area contributed by atoms with Gasteiger partial charge in [-0.3, -0.25) is 4.79 Å². The molecule has 0 aromatic heterocycles. The Balaban J connectivity index is 2.52. The van der Waals surface area contributed by atoms with Gasteiger partial charge in [-0.15, -0.1) is 0 Å². The van der Waals surface area contributed by atoms with Crippen LogP contribution in [0.3, 0.4) is 0 Å². The molecule has 1 aliphatic rings. The number of hydrogen-bond acceptors (Lipinski definition) is 2. The molecule has 0 spiro atoms. The topological polar surface area (TPSA) is 20.3 Å². The summed E-state index contributed by atoms with van der Waals surface area (Å²) in [4.78, 5) is 13.7. The van der Waals surface area contributed by atoms with Crippen LogP contribution in [0.4, 0.5) is 0 Å². The van der Waals surface area contributed by atoms with E-state index in [4.69, 9.17) is 0 Å².